The molecule has 1 unspecified atom stereocenters. The Kier molecular flexibility index (Phi) is 7.99. The predicted octanol–water partition coefficient (Wildman–Crippen LogP) is 0.610. The van der Waals surface area contributed by atoms with Crippen LogP contribution in [-0.4, -0.2) is 54.2 Å². The average Bonchev–Trinajstić information content (AvgIpc) is 2.37. The molecule has 0 fully saturated rings. The number of nitrogens with one attached hydrogen (secondary N) is 1. The molecule has 0 aromatic carbocycles. The second kappa shape index (κ2) is 8.96. The van der Waals surface area contributed by atoms with Gasteiger partial charge < -0.3 is 20.1 Å². The Labute approximate surface area is 112 Å². The summed E-state index contributed by atoms with van der Waals surface area (Å²) in [6.45, 7) is 5.40. The molecular weight excluding hydrogens is 252 g/mol. The van der Waals surface area contributed by atoms with Gasteiger partial charge in [-0.3, -0.25) is 4.79 Å². The Morgan fingerprint density at radius 3 is 2.53 bits per heavy atom. The number of carbonyl (C=O) groups is 3. The average molecular weight is 272 g/mol. The van der Waals surface area contributed by atoms with E-state index in [4.69, 9.17) is 5.11 Å². The third-order valence-corrected chi connectivity index (χ3v) is 2.33. The maximum atomic E-state index is 11.9. The van der Waals surface area contributed by atoms with E-state index >= 15 is 0 Å². The van der Waals surface area contributed by atoms with Crippen molar-refractivity contribution < 1.29 is 24.2 Å². The van der Waals surface area contributed by atoms with Crippen LogP contribution in [0.3, 0.4) is 0 Å². The van der Waals surface area contributed by atoms with Crippen LogP contribution in [0.5, 0.6) is 0 Å². The number of ether oxygens (including phenoxy) is 1. The van der Waals surface area contributed by atoms with Gasteiger partial charge in [-0.1, -0.05) is 13.0 Å². The quantitative estimate of drug-likeness (QED) is 0.498. The lowest BCUT2D eigenvalue weighted by Gasteiger charge is -2.23. The number of carboxylic acid groups (broad SMARTS) is 1. The highest BCUT2D eigenvalue weighted by Crippen LogP contribution is 1.99. The largest absolute Gasteiger partial charge is 0.480 e. The summed E-state index contributed by atoms with van der Waals surface area (Å²) in [5.41, 5.74) is 0. The van der Waals surface area contributed by atoms with Gasteiger partial charge in [-0.25, -0.2) is 9.59 Å². The van der Waals surface area contributed by atoms with E-state index < -0.39 is 24.0 Å². The Balaban J connectivity index is 4.64. The summed E-state index contributed by atoms with van der Waals surface area (Å²) in [6.07, 6.45) is 2.16. The van der Waals surface area contributed by atoms with Gasteiger partial charge in [0, 0.05) is 6.54 Å². The van der Waals surface area contributed by atoms with Crippen LogP contribution in [0.2, 0.25) is 0 Å². The van der Waals surface area contributed by atoms with Gasteiger partial charge in [-0.15, -0.1) is 6.58 Å². The molecule has 0 rings (SSSR count). The lowest BCUT2D eigenvalue weighted by molar-refractivity contribution is -0.141. The van der Waals surface area contributed by atoms with Crippen molar-refractivity contribution >= 4 is 18.0 Å². The number of carboxylic acids is 1. The highest BCUT2D eigenvalue weighted by Gasteiger charge is 2.23. The summed E-state index contributed by atoms with van der Waals surface area (Å²) in [5.74, 6) is -1.71. The van der Waals surface area contributed by atoms with Crippen molar-refractivity contribution in [3.63, 3.8) is 0 Å². The number of amides is 2. The zero-order valence-electron chi connectivity index (χ0n) is 11.2. The predicted molar refractivity (Wildman–Crippen MR) is 68.6 cm³/mol. The summed E-state index contributed by atoms with van der Waals surface area (Å²) < 4.78 is 4.48. The molecule has 0 aliphatic heterocycles. The van der Waals surface area contributed by atoms with Crippen LogP contribution in [0.4, 0.5) is 4.79 Å². The molecule has 0 heterocycles. The summed E-state index contributed by atoms with van der Waals surface area (Å²) in [6, 6.07) is -1.66. The monoisotopic (exact) mass is 272 g/mol. The number of aliphatic carboxylic acids is 1. The second-order valence-corrected chi connectivity index (χ2v) is 3.86. The van der Waals surface area contributed by atoms with Crippen LogP contribution >= 0.6 is 0 Å². The Morgan fingerprint density at radius 1 is 1.47 bits per heavy atom. The third kappa shape index (κ3) is 6.44. The molecule has 0 saturated carbocycles. The first-order valence-corrected chi connectivity index (χ1v) is 5.92. The van der Waals surface area contributed by atoms with E-state index in [1.165, 1.54) is 18.1 Å². The molecule has 0 aliphatic carbocycles. The zero-order chi connectivity index (χ0) is 14.8. The summed E-state index contributed by atoms with van der Waals surface area (Å²) >= 11 is 0. The van der Waals surface area contributed by atoms with E-state index in [0.29, 0.717) is 13.0 Å². The van der Waals surface area contributed by atoms with Crippen LogP contribution in [0.15, 0.2) is 12.7 Å². The fraction of sp³-hybridized carbons (Fsp3) is 0.583. The lowest BCUT2D eigenvalue weighted by atomic mass is 10.2. The third-order valence-electron chi connectivity index (χ3n) is 2.33. The zero-order valence-corrected chi connectivity index (χ0v) is 11.2. The molecule has 0 aromatic rings. The Morgan fingerprint density at radius 2 is 2.11 bits per heavy atom. The molecule has 7 heteroatoms. The molecule has 7 nitrogen and oxygen atoms in total. The molecule has 0 aromatic heterocycles. The lowest BCUT2D eigenvalue weighted by Crippen LogP contribution is -2.49. The topological polar surface area (TPSA) is 95.9 Å². The van der Waals surface area contributed by atoms with Gasteiger partial charge in [0.25, 0.3) is 0 Å². The molecule has 0 spiro atoms. The Hall–Kier alpha value is -2.05. The van der Waals surface area contributed by atoms with Crippen molar-refractivity contribution in [1.29, 1.82) is 0 Å². The summed E-state index contributed by atoms with van der Waals surface area (Å²) in [7, 11) is 1.22. The van der Waals surface area contributed by atoms with E-state index in [2.05, 4.69) is 16.6 Å². The van der Waals surface area contributed by atoms with Crippen molar-refractivity contribution in [1.82, 2.24) is 10.2 Å². The fourth-order valence-electron chi connectivity index (χ4n) is 1.37. The molecule has 1 atom stereocenters. The molecule has 0 saturated heterocycles. The van der Waals surface area contributed by atoms with Crippen molar-refractivity contribution in [2.24, 2.45) is 0 Å². The molecule has 108 valence electrons. The molecule has 0 bridgehead atoms. The second-order valence-electron chi connectivity index (χ2n) is 3.86. The number of rotatable bonds is 8. The number of hydrogen-bond donors (Lipinski definition) is 2. The van der Waals surface area contributed by atoms with E-state index in [1.807, 2.05) is 6.92 Å². The minimum absolute atomic E-state index is 0.110. The number of hydrogen-bond acceptors (Lipinski definition) is 4. The minimum Gasteiger partial charge on any atom is -0.480 e. The van der Waals surface area contributed by atoms with Crippen LogP contribution in [0, 0.1) is 0 Å². The Bertz CT molecular complexity index is 343. The van der Waals surface area contributed by atoms with E-state index in [1.54, 1.807) is 0 Å². The van der Waals surface area contributed by atoms with Gasteiger partial charge in [-0.05, 0) is 12.8 Å². The number of esters is 1. The summed E-state index contributed by atoms with van der Waals surface area (Å²) in [5, 5.41) is 11.3. The smallest absolute Gasteiger partial charge is 0.326 e. The van der Waals surface area contributed by atoms with Gasteiger partial charge >= 0.3 is 18.0 Å². The highest BCUT2D eigenvalue weighted by atomic mass is 16.5. The van der Waals surface area contributed by atoms with Crippen molar-refractivity contribution in [2.45, 2.75) is 25.8 Å². The van der Waals surface area contributed by atoms with Crippen LogP contribution in [0.1, 0.15) is 19.8 Å². The maximum Gasteiger partial charge on any atom is 0.326 e. The molecular formula is C12H20N2O5. The maximum absolute atomic E-state index is 11.9. The summed E-state index contributed by atoms with van der Waals surface area (Å²) in [4.78, 5) is 35.2. The van der Waals surface area contributed by atoms with Gasteiger partial charge in [0.05, 0.1) is 7.11 Å². The van der Waals surface area contributed by atoms with Gasteiger partial charge in [0.1, 0.15) is 12.6 Å². The van der Waals surface area contributed by atoms with Crippen LogP contribution < -0.4 is 5.32 Å². The van der Waals surface area contributed by atoms with Crippen LogP contribution in [-0.2, 0) is 14.3 Å². The molecule has 2 amide bonds. The van der Waals surface area contributed by atoms with Gasteiger partial charge in [-0.2, -0.15) is 0 Å². The van der Waals surface area contributed by atoms with E-state index in [-0.39, 0.29) is 13.0 Å². The van der Waals surface area contributed by atoms with Crippen molar-refractivity contribution in [2.75, 3.05) is 20.2 Å². The van der Waals surface area contributed by atoms with Crippen molar-refractivity contribution in [3.05, 3.63) is 12.7 Å². The fourth-order valence-corrected chi connectivity index (χ4v) is 1.37. The first-order chi connectivity index (χ1) is 8.96. The van der Waals surface area contributed by atoms with E-state index in [0.717, 1.165) is 0 Å². The first kappa shape index (κ1) is 16.9. The van der Waals surface area contributed by atoms with Gasteiger partial charge in [0.2, 0.25) is 0 Å². The first-order valence-electron chi connectivity index (χ1n) is 5.92. The number of methoxy groups -OCH3 is 1. The number of nitrogens with zero attached hydrogens (tertiary/aromatic N) is 1. The minimum atomic E-state index is -1.15. The van der Waals surface area contributed by atoms with Gasteiger partial charge in [0.15, 0.2) is 0 Å². The number of urea groups is 1. The molecule has 19 heavy (non-hydrogen) atoms. The van der Waals surface area contributed by atoms with Crippen LogP contribution in [0.25, 0.3) is 0 Å². The molecule has 0 radical (unpaired) electrons. The molecule has 2 N–H and O–H groups in total. The highest BCUT2D eigenvalue weighted by molar-refractivity contribution is 5.85. The number of carbonyl (C=O) groups excluding carboxylic acids is 2. The normalized spacial score (nSPS) is 11.3. The van der Waals surface area contributed by atoms with Crippen molar-refractivity contribution in [3.8, 4) is 0 Å². The SMILES string of the molecule is C=CCC(NC(=O)N(CCC)CC(=O)OC)C(=O)O. The molecule has 0 aliphatic rings. The standard InChI is InChI=1S/C12H20N2O5/c1-4-6-9(11(16)17)13-12(18)14(7-5-2)8-10(15)19-3/h4,9H,1,5-8H2,2-3H3,(H,13,18)(H,16,17). The van der Waals surface area contributed by atoms with E-state index in [9.17, 15) is 14.4 Å².